The maximum Gasteiger partial charge on any atom is 0.331 e. The summed E-state index contributed by atoms with van der Waals surface area (Å²) in [5, 5.41) is 0. The summed E-state index contributed by atoms with van der Waals surface area (Å²) in [5.74, 6) is -0.381. The Kier molecular flexibility index (Phi) is 6.26. The van der Waals surface area contributed by atoms with E-state index in [4.69, 9.17) is 4.74 Å². The average Bonchev–Trinajstić information content (AvgIpc) is 2.95. The molecule has 0 unspecified atom stereocenters. The third-order valence-electron chi connectivity index (χ3n) is 5.28. The van der Waals surface area contributed by atoms with Crippen LogP contribution >= 0.6 is 0 Å². The molecule has 1 fully saturated rings. The minimum atomic E-state index is -3.69. The molecule has 0 bridgehead atoms. The molecule has 2 heterocycles. The lowest BCUT2D eigenvalue weighted by Gasteiger charge is -2.30. The van der Waals surface area contributed by atoms with Crippen LogP contribution in [0.3, 0.4) is 0 Å². The second-order valence-electron chi connectivity index (χ2n) is 7.94. The largest absolute Gasteiger partial charge is 0.454 e. The molecule has 2 aliphatic rings. The standard InChI is InChI=1S/C20H27N3O5S/c1-13(2)18(20(25)28-12-17(24)23-10-8-14(3)9-11-23)21-19-15-6-4-5-7-16(15)29(26,27)22-19/h4-7,13-14,18H,8-12H2,1-3H3,(H,21,22)/t18-/m0/s1. The molecule has 2 aliphatic heterocycles. The number of nitrogens with zero attached hydrogens (tertiary/aromatic N) is 2. The Balaban J connectivity index is 1.70. The topological polar surface area (TPSA) is 105 Å². The number of fused-ring (bicyclic) bond motifs is 1. The van der Waals surface area contributed by atoms with Crippen LogP contribution in [-0.2, 0) is 24.3 Å². The van der Waals surface area contributed by atoms with E-state index in [2.05, 4.69) is 16.6 Å². The number of carbonyl (C=O) groups is 2. The fourth-order valence-corrected chi connectivity index (χ4v) is 4.65. The van der Waals surface area contributed by atoms with Gasteiger partial charge in [0, 0.05) is 18.7 Å². The quantitative estimate of drug-likeness (QED) is 0.727. The molecule has 158 valence electrons. The van der Waals surface area contributed by atoms with E-state index in [1.165, 1.54) is 6.07 Å². The van der Waals surface area contributed by atoms with E-state index in [0.717, 1.165) is 12.8 Å². The van der Waals surface area contributed by atoms with Crippen molar-refractivity contribution in [2.24, 2.45) is 16.8 Å². The zero-order valence-corrected chi connectivity index (χ0v) is 17.7. The Morgan fingerprint density at radius 1 is 1.24 bits per heavy atom. The first kappa shape index (κ1) is 21.3. The van der Waals surface area contributed by atoms with Gasteiger partial charge < -0.3 is 9.64 Å². The van der Waals surface area contributed by atoms with Gasteiger partial charge in [-0.05, 0) is 36.8 Å². The smallest absolute Gasteiger partial charge is 0.331 e. The van der Waals surface area contributed by atoms with Crippen molar-refractivity contribution in [3.05, 3.63) is 29.8 Å². The van der Waals surface area contributed by atoms with Gasteiger partial charge in [-0.1, -0.05) is 32.9 Å². The van der Waals surface area contributed by atoms with Gasteiger partial charge in [0.1, 0.15) is 5.84 Å². The van der Waals surface area contributed by atoms with Crippen molar-refractivity contribution < 1.29 is 22.7 Å². The number of esters is 1. The fraction of sp³-hybridized carbons (Fsp3) is 0.550. The molecular formula is C20H27N3O5S. The molecule has 9 heteroatoms. The molecule has 1 N–H and O–H groups in total. The Morgan fingerprint density at radius 2 is 1.90 bits per heavy atom. The van der Waals surface area contributed by atoms with Crippen molar-refractivity contribution in [3.8, 4) is 0 Å². The number of sulfonamides is 1. The molecule has 1 atom stereocenters. The third-order valence-corrected chi connectivity index (χ3v) is 6.68. The number of nitrogens with one attached hydrogen (secondary N) is 1. The second kappa shape index (κ2) is 8.52. The number of hydrogen-bond acceptors (Lipinski definition) is 6. The van der Waals surface area contributed by atoms with Gasteiger partial charge in [-0.25, -0.2) is 13.2 Å². The Bertz CT molecular complexity index is 918. The molecule has 29 heavy (non-hydrogen) atoms. The number of benzene rings is 1. The zero-order valence-electron chi connectivity index (χ0n) is 16.9. The maximum absolute atomic E-state index is 12.6. The van der Waals surface area contributed by atoms with E-state index in [-0.39, 0.29) is 29.2 Å². The number of hydrogen-bond donors (Lipinski definition) is 1. The molecule has 0 radical (unpaired) electrons. The summed E-state index contributed by atoms with van der Waals surface area (Å²) in [6, 6.07) is 5.53. The molecular weight excluding hydrogens is 394 g/mol. The highest BCUT2D eigenvalue weighted by molar-refractivity contribution is 7.90. The average molecular weight is 422 g/mol. The number of likely N-dealkylation sites (tertiary alicyclic amines) is 1. The van der Waals surface area contributed by atoms with Gasteiger partial charge in [-0.2, -0.15) is 0 Å². The van der Waals surface area contributed by atoms with E-state index in [0.29, 0.717) is 24.6 Å². The SMILES string of the molecule is CC1CCN(C(=O)COC(=O)[C@@H](N=C2NS(=O)(=O)c3ccccc32)C(C)C)CC1. The first-order valence-corrected chi connectivity index (χ1v) is 11.3. The van der Waals surface area contributed by atoms with Crippen LogP contribution in [0.2, 0.25) is 0 Å². The number of amidine groups is 1. The van der Waals surface area contributed by atoms with Crippen LogP contribution in [0.15, 0.2) is 34.2 Å². The number of aliphatic imine (C=N–C) groups is 1. The van der Waals surface area contributed by atoms with Crippen LogP contribution in [0.4, 0.5) is 0 Å². The van der Waals surface area contributed by atoms with Gasteiger partial charge in [0.15, 0.2) is 12.6 Å². The first-order chi connectivity index (χ1) is 13.7. The van der Waals surface area contributed by atoms with Gasteiger partial charge in [0.05, 0.1) is 4.90 Å². The molecule has 3 rings (SSSR count). The first-order valence-electron chi connectivity index (χ1n) is 9.83. The Hall–Kier alpha value is -2.42. The second-order valence-corrected chi connectivity index (χ2v) is 9.59. The zero-order chi connectivity index (χ0) is 21.2. The van der Waals surface area contributed by atoms with Crippen molar-refractivity contribution in [2.75, 3.05) is 19.7 Å². The summed E-state index contributed by atoms with van der Waals surface area (Å²) in [4.78, 5) is 31.1. The maximum atomic E-state index is 12.6. The van der Waals surface area contributed by atoms with Crippen LogP contribution in [0.25, 0.3) is 0 Å². The summed E-state index contributed by atoms with van der Waals surface area (Å²) >= 11 is 0. The van der Waals surface area contributed by atoms with Crippen molar-refractivity contribution in [2.45, 2.75) is 44.6 Å². The molecule has 0 spiro atoms. The number of rotatable bonds is 5. The monoisotopic (exact) mass is 421 g/mol. The van der Waals surface area contributed by atoms with Crippen molar-refractivity contribution >= 4 is 27.7 Å². The summed E-state index contributed by atoms with van der Waals surface area (Å²) < 4.78 is 32.1. The van der Waals surface area contributed by atoms with Crippen LogP contribution in [0, 0.1) is 11.8 Å². The highest BCUT2D eigenvalue weighted by atomic mass is 32.2. The minimum absolute atomic E-state index is 0.118. The third kappa shape index (κ3) is 4.77. The van der Waals surface area contributed by atoms with Crippen molar-refractivity contribution in [1.82, 2.24) is 9.62 Å². The van der Waals surface area contributed by atoms with Gasteiger partial charge in [0.2, 0.25) is 0 Å². The highest BCUT2D eigenvalue weighted by Gasteiger charge is 2.33. The lowest BCUT2D eigenvalue weighted by molar-refractivity contribution is -0.154. The Morgan fingerprint density at radius 3 is 2.55 bits per heavy atom. The highest BCUT2D eigenvalue weighted by Crippen LogP contribution is 2.23. The minimum Gasteiger partial charge on any atom is -0.454 e. The van der Waals surface area contributed by atoms with Gasteiger partial charge in [-0.15, -0.1) is 0 Å². The lowest BCUT2D eigenvalue weighted by atomic mass is 9.99. The number of piperidine rings is 1. The summed E-state index contributed by atoms with van der Waals surface area (Å²) in [7, 11) is -3.69. The van der Waals surface area contributed by atoms with Crippen LogP contribution < -0.4 is 4.72 Å². The van der Waals surface area contributed by atoms with Gasteiger partial charge >= 0.3 is 5.97 Å². The summed E-state index contributed by atoms with van der Waals surface area (Å²) in [6.07, 6.45) is 1.89. The predicted octanol–water partition coefficient (Wildman–Crippen LogP) is 1.55. The van der Waals surface area contributed by atoms with E-state index in [1.807, 2.05) is 0 Å². The fourth-order valence-electron chi connectivity index (χ4n) is 3.41. The van der Waals surface area contributed by atoms with Crippen LogP contribution in [-0.4, -0.2) is 56.8 Å². The Labute approximate surface area is 171 Å². The van der Waals surface area contributed by atoms with Crippen LogP contribution in [0.1, 0.15) is 39.2 Å². The molecule has 1 aromatic carbocycles. The van der Waals surface area contributed by atoms with Gasteiger partial charge in [0.25, 0.3) is 15.9 Å². The van der Waals surface area contributed by atoms with E-state index < -0.39 is 22.0 Å². The van der Waals surface area contributed by atoms with E-state index in [9.17, 15) is 18.0 Å². The molecule has 0 aromatic heterocycles. The summed E-state index contributed by atoms with van der Waals surface area (Å²) in [6.45, 7) is 6.75. The molecule has 0 aliphatic carbocycles. The molecule has 0 saturated carbocycles. The van der Waals surface area contributed by atoms with Gasteiger partial charge in [-0.3, -0.25) is 14.5 Å². The van der Waals surface area contributed by atoms with Crippen molar-refractivity contribution in [1.29, 1.82) is 0 Å². The molecule has 1 aromatic rings. The molecule has 1 saturated heterocycles. The van der Waals surface area contributed by atoms with E-state index >= 15 is 0 Å². The molecule has 8 nitrogen and oxygen atoms in total. The summed E-state index contributed by atoms with van der Waals surface area (Å²) in [5.41, 5.74) is 0.421. The number of amides is 1. The lowest BCUT2D eigenvalue weighted by Crippen LogP contribution is -2.41. The number of carbonyl (C=O) groups excluding carboxylic acids is 2. The van der Waals surface area contributed by atoms with Crippen molar-refractivity contribution in [3.63, 3.8) is 0 Å². The van der Waals surface area contributed by atoms with Crippen LogP contribution in [0.5, 0.6) is 0 Å². The molecule has 1 amide bonds. The number of ether oxygens (including phenoxy) is 1. The van der Waals surface area contributed by atoms with E-state index in [1.54, 1.807) is 36.9 Å². The normalized spacial score (nSPS) is 21.0. The predicted molar refractivity (Wildman–Crippen MR) is 108 cm³/mol.